The van der Waals surface area contributed by atoms with Crippen molar-refractivity contribution < 1.29 is 9.59 Å². The standard InChI is InChI=1S/C32H34ClN7O2S/c1-43-28-8-3-2-7-27(28)38-32(42)40-15-13-21(14-16-40)30(41)37-26-12-11-24-18-22(26)10-9-20-5-4-6-23(17-20)36-31-34-19-25(33)29(35-24)39-31/h2-8,11-12,18-21H,9-10,13-17H2,1H3,(H,37,41)(H,38,42)(H2,34,35,36,39). The molecule has 1 aromatic heterocycles. The molecule has 6 bridgehead atoms. The van der Waals surface area contributed by atoms with Crippen LogP contribution in [0.25, 0.3) is 0 Å². The zero-order valence-corrected chi connectivity index (χ0v) is 25.5. The van der Waals surface area contributed by atoms with Crippen molar-refractivity contribution in [2.45, 2.75) is 37.0 Å². The number of rotatable bonds is 4. The second kappa shape index (κ2) is 13.1. The Bertz CT molecular complexity index is 1590. The van der Waals surface area contributed by atoms with Gasteiger partial charge in [0.05, 0.1) is 11.9 Å². The SMILES string of the molecule is CSc1ccccc1NC(=O)N1CCC(C(=O)Nc2ccc3cc2CCC2C=CC=C(C2)Nc2ncc(Cl)c(n2)N3)CC1. The summed E-state index contributed by atoms with van der Waals surface area (Å²) in [5, 5.41) is 13.3. The highest BCUT2D eigenvalue weighted by Gasteiger charge is 2.28. The lowest BCUT2D eigenvalue weighted by Gasteiger charge is -2.31. The first kappa shape index (κ1) is 29.1. The molecular formula is C32H34ClN7O2S. The topological polar surface area (TPSA) is 111 Å². The van der Waals surface area contributed by atoms with Crippen LogP contribution in [0.5, 0.6) is 0 Å². The van der Waals surface area contributed by atoms with E-state index in [1.807, 2.05) is 48.7 Å². The van der Waals surface area contributed by atoms with E-state index >= 15 is 0 Å². The molecule has 2 aromatic carbocycles. The monoisotopic (exact) mass is 615 g/mol. The quantitative estimate of drug-likeness (QED) is 0.228. The number of allylic oxidation sites excluding steroid dienone is 4. The molecule has 0 spiro atoms. The van der Waals surface area contributed by atoms with Crippen molar-refractivity contribution >= 4 is 64.1 Å². The number of nitrogens with zero attached hydrogens (tertiary/aromatic N) is 3. The largest absolute Gasteiger partial charge is 0.339 e. The third-order valence-electron chi connectivity index (χ3n) is 8.09. The van der Waals surface area contributed by atoms with Gasteiger partial charge in [0.2, 0.25) is 11.9 Å². The van der Waals surface area contributed by atoms with Gasteiger partial charge < -0.3 is 26.2 Å². The number of benzene rings is 2. The van der Waals surface area contributed by atoms with Crippen LogP contribution in [0.2, 0.25) is 5.02 Å². The predicted octanol–water partition coefficient (Wildman–Crippen LogP) is 7.30. The fourth-order valence-corrected chi connectivity index (χ4v) is 6.39. The van der Waals surface area contributed by atoms with Crippen LogP contribution in [-0.4, -0.2) is 46.2 Å². The van der Waals surface area contributed by atoms with Gasteiger partial charge in [-0.15, -0.1) is 11.8 Å². The van der Waals surface area contributed by atoms with Crippen LogP contribution >= 0.6 is 23.4 Å². The van der Waals surface area contributed by atoms with Gasteiger partial charge in [-0.2, -0.15) is 4.98 Å². The Kier molecular flexibility index (Phi) is 8.85. The summed E-state index contributed by atoms with van der Waals surface area (Å²) in [6.07, 6.45) is 13.7. The van der Waals surface area contributed by atoms with Gasteiger partial charge in [0.15, 0.2) is 5.82 Å². The number of aromatic nitrogens is 2. The number of para-hydroxylation sites is 1. The average Bonchev–Trinajstić information content (AvgIpc) is 3.03. The Balaban J connectivity index is 1.13. The lowest BCUT2D eigenvalue weighted by atomic mass is 9.91. The number of fused-ring (bicyclic) bond motifs is 6. The normalized spacial score (nSPS) is 18.1. The van der Waals surface area contributed by atoms with Crippen LogP contribution in [0.15, 0.2) is 77.5 Å². The van der Waals surface area contributed by atoms with E-state index < -0.39 is 0 Å². The number of piperidine rings is 1. The molecule has 1 fully saturated rings. The molecule has 1 saturated heterocycles. The average molecular weight is 616 g/mol. The number of anilines is 5. The number of halogens is 1. The lowest BCUT2D eigenvalue weighted by Crippen LogP contribution is -2.43. The fraction of sp³-hybridized carbons (Fsp3) is 0.312. The van der Waals surface area contributed by atoms with Gasteiger partial charge in [0, 0.05) is 41.0 Å². The third-order valence-corrected chi connectivity index (χ3v) is 9.16. The number of likely N-dealkylation sites (tertiary alicyclic amines) is 1. The Morgan fingerprint density at radius 2 is 1.88 bits per heavy atom. The minimum absolute atomic E-state index is 0.0110. The first-order valence-electron chi connectivity index (χ1n) is 14.5. The predicted molar refractivity (Wildman–Crippen MR) is 174 cm³/mol. The third kappa shape index (κ3) is 6.97. The maximum Gasteiger partial charge on any atom is 0.321 e. The molecule has 2 aliphatic heterocycles. The summed E-state index contributed by atoms with van der Waals surface area (Å²) in [7, 11) is 0. The van der Waals surface area contributed by atoms with Gasteiger partial charge in [0.1, 0.15) is 5.02 Å². The molecule has 3 aromatic rings. The zero-order chi connectivity index (χ0) is 29.8. The molecule has 0 saturated carbocycles. The minimum atomic E-state index is -0.166. The van der Waals surface area contributed by atoms with E-state index in [2.05, 4.69) is 49.5 Å². The van der Waals surface area contributed by atoms with Crippen molar-refractivity contribution in [2.24, 2.45) is 11.8 Å². The Morgan fingerprint density at radius 3 is 2.72 bits per heavy atom. The number of urea groups is 1. The van der Waals surface area contributed by atoms with Crippen molar-refractivity contribution in [2.75, 3.05) is 40.6 Å². The molecule has 4 N–H and O–H groups in total. The molecule has 6 rings (SSSR count). The highest BCUT2D eigenvalue weighted by atomic mass is 35.5. The molecule has 1 unspecified atom stereocenters. The van der Waals surface area contributed by atoms with Crippen LogP contribution in [0, 0.1) is 11.8 Å². The van der Waals surface area contributed by atoms with E-state index in [0.717, 1.165) is 52.5 Å². The number of carbonyl (C=O) groups excluding carboxylic acids is 2. The van der Waals surface area contributed by atoms with E-state index in [9.17, 15) is 9.59 Å². The molecule has 1 aliphatic carbocycles. The molecule has 222 valence electrons. The van der Waals surface area contributed by atoms with Crippen LogP contribution in [0.1, 0.15) is 31.2 Å². The van der Waals surface area contributed by atoms with Gasteiger partial charge >= 0.3 is 6.03 Å². The van der Waals surface area contributed by atoms with E-state index in [4.69, 9.17) is 11.6 Å². The van der Waals surface area contributed by atoms with Gasteiger partial charge in [-0.25, -0.2) is 9.78 Å². The van der Waals surface area contributed by atoms with E-state index in [1.165, 1.54) is 0 Å². The maximum atomic E-state index is 13.4. The summed E-state index contributed by atoms with van der Waals surface area (Å²) in [6, 6.07) is 13.6. The van der Waals surface area contributed by atoms with E-state index in [-0.39, 0.29) is 17.9 Å². The molecule has 3 heterocycles. The zero-order valence-electron chi connectivity index (χ0n) is 23.9. The fourth-order valence-electron chi connectivity index (χ4n) is 5.70. The number of hydrogen-bond donors (Lipinski definition) is 4. The molecule has 3 amide bonds. The number of hydrogen-bond acceptors (Lipinski definition) is 7. The lowest BCUT2D eigenvalue weighted by molar-refractivity contribution is -0.121. The van der Waals surface area contributed by atoms with Crippen LogP contribution in [-0.2, 0) is 11.2 Å². The van der Waals surface area contributed by atoms with Crippen LogP contribution in [0.4, 0.5) is 33.6 Å². The molecular weight excluding hydrogens is 582 g/mol. The Morgan fingerprint density at radius 1 is 1.05 bits per heavy atom. The van der Waals surface area contributed by atoms with Crippen LogP contribution in [0.3, 0.4) is 0 Å². The van der Waals surface area contributed by atoms with Gasteiger partial charge in [-0.05, 0) is 86.2 Å². The Hall–Kier alpha value is -4.02. The van der Waals surface area contributed by atoms with Crippen molar-refractivity contribution in [3.63, 3.8) is 0 Å². The summed E-state index contributed by atoms with van der Waals surface area (Å²) in [4.78, 5) is 38.1. The molecule has 3 aliphatic rings. The second-order valence-corrected chi connectivity index (χ2v) is 12.2. The van der Waals surface area contributed by atoms with E-state index in [0.29, 0.717) is 48.6 Å². The van der Waals surface area contributed by atoms with Crippen molar-refractivity contribution in [1.29, 1.82) is 0 Å². The highest BCUT2D eigenvalue weighted by molar-refractivity contribution is 7.98. The number of aryl methyl sites for hydroxylation is 1. The summed E-state index contributed by atoms with van der Waals surface area (Å²) in [5.41, 5.74) is 4.54. The summed E-state index contributed by atoms with van der Waals surface area (Å²) < 4.78 is 0. The number of thioether (sulfide) groups is 1. The number of nitrogens with one attached hydrogen (secondary N) is 4. The summed E-state index contributed by atoms with van der Waals surface area (Å²) in [6.45, 7) is 1.06. The smallest absolute Gasteiger partial charge is 0.321 e. The Labute approximate surface area is 260 Å². The maximum absolute atomic E-state index is 13.4. The summed E-state index contributed by atoms with van der Waals surface area (Å²) in [5.74, 6) is 1.17. The first-order valence-corrected chi connectivity index (χ1v) is 16.1. The molecule has 0 radical (unpaired) electrons. The second-order valence-electron chi connectivity index (χ2n) is 11.0. The first-order chi connectivity index (χ1) is 20.9. The molecule has 43 heavy (non-hydrogen) atoms. The van der Waals surface area contributed by atoms with Crippen LogP contribution < -0.4 is 21.3 Å². The summed E-state index contributed by atoms with van der Waals surface area (Å²) >= 11 is 8.01. The molecule has 11 heteroatoms. The molecule has 9 nitrogen and oxygen atoms in total. The van der Waals surface area contributed by atoms with Gasteiger partial charge in [0.25, 0.3) is 0 Å². The van der Waals surface area contributed by atoms with Gasteiger partial charge in [-0.1, -0.05) is 35.9 Å². The van der Waals surface area contributed by atoms with Crippen molar-refractivity contribution in [3.05, 3.63) is 83.2 Å². The van der Waals surface area contributed by atoms with Crippen molar-refractivity contribution in [1.82, 2.24) is 14.9 Å². The molecule has 1 atom stereocenters. The minimum Gasteiger partial charge on any atom is -0.339 e. The van der Waals surface area contributed by atoms with Gasteiger partial charge in [-0.3, -0.25) is 4.79 Å². The van der Waals surface area contributed by atoms with E-state index in [1.54, 1.807) is 22.9 Å². The van der Waals surface area contributed by atoms with Crippen molar-refractivity contribution in [3.8, 4) is 0 Å². The highest BCUT2D eigenvalue weighted by Crippen LogP contribution is 2.32. The number of amides is 3. The number of carbonyl (C=O) groups is 2.